The summed E-state index contributed by atoms with van der Waals surface area (Å²) in [6, 6.07) is 11.7. The molecule has 0 bridgehead atoms. The number of rotatable bonds is 4. The summed E-state index contributed by atoms with van der Waals surface area (Å²) in [7, 11) is 0. The van der Waals surface area contributed by atoms with Gasteiger partial charge in [-0.15, -0.1) is 0 Å². The van der Waals surface area contributed by atoms with E-state index in [2.05, 4.69) is 5.32 Å². The minimum Gasteiger partial charge on any atom is -0.449 e. The van der Waals surface area contributed by atoms with E-state index in [0.29, 0.717) is 21.3 Å². The highest BCUT2D eigenvalue weighted by molar-refractivity contribution is 6.35. The van der Waals surface area contributed by atoms with Crippen LogP contribution in [0.15, 0.2) is 42.5 Å². The van der Waals surface area contributed by atoms with Crippen molar-refractivity contribution in [2.45, 2.75) is 20.0 Å². The molecule has 4 nitrogen and oxygen atoms in total. The second-order valence-corrected chi connectivity index (χ2v) is 5.82. The van der Waals surface area contributed by atoms with Crippen LogP contribution < -0.4 is 5.32 Å². The molecule has 0 radical (unpaired) electrons. The van der Waals surface area contributed by atoms with Gasteiger partial charge >= 0.3 is 5.97 Å². The highest BCUT2D eigenvalue weighted by Gasteiger charge is 2.20. The van der Waals surface area contributed by atoms with Crippen molar-refractivity contribution in [3.63, 3.8) is 0 Å². The quantitative estimate of drug-likeness (QED) is 0.825. The summed E-state index contributed by atoms with van der Waals surface area (Å²) in [4.78, 5) is 24.2. The molecule has 0 saturated heterocycles. The molecule has 0 aliphatic heterocycles. The fourth-order valence-corrected chi connectivity index (χ4v) is 2.24. The summed E-state index contributed by atoms with van der Waals surface area (Å²) < 4.78 is 5.19. The van der Waals surface area contributed by atoms with Crippen LogP contribution in [0.4, 0.5) is 5.69 Å². The van der Waals surface area contributed by atoms with Gasteiger partial charge in [-0.2, -0.15) is 0 Å². The first-order valence-electron chi connectivity index (χ1n) is 6.91. The number of carbonyl (C=O) groups excluding carboxylic acids is 2. The summed E-state index contributed by atoms with van der Waals surface area (Å²) in [6.45, 7) is 3.29. The lowest BCUT2D eigenvalue weighted by atomic mass is 10.1. The fraction of sp³-hybridized carbons (Fsp3) is 0.176. The molecule has 120 valence electrons. The third kappa shape index (κ3) is 4.47. The Kier molecular flexibility index (Phi) is 5.64. The predicted molar refractivity (Wildman–Crippen MR) is 91.1 cm³/mol. The van der Waals surface area contributed by atoms with Crippen LogP contribution in [0.2, 0.25) is 10.0 Å². The van der Waals surface area contributed by atoms with Crippen molar-refractivity contribution in [2.24, 2.45) is 0 Å². The van der Waals surface area contributed by atoms with Crippen LogP contribution in [0.5, 0.6) is 0 Å². The van der Waals surface area contributed by atoms with E-state index < -0.39 is 18.0 Å². The van der Waals surface area contributed by atoms with Crippen LogP contribution in [-0.4, -0.2) is 18.0 Å². The Hall–Kier alpha value is -2.04. The number of nitrogens with one attached hydrogen (secondary N) is 1. The van der Waals surface area contributed by atoms with Gasteiger partial charge in [0, 0.05) is 5.02 Å². The number of esters is 1. The maximum atomic E-state index is 12.1. The second kappa shape index (κ2) is 7.49. The zero-order valence-electron chi connectivity index (χ0n) is 12.6. The van der Waals surface area contributed by atoms with Crippen molar-refractivity contribution < 1.29 is 14.3 Å². The summed E-state index contributed by atoms with van der Waals surface area (Å²) in [5.74, 6) is -1.04. The van der Waals surface area contributed by atoms with Gasteiger partial charge in [-0.05, 0) is 43.7 Å². The predicted octanol–water partition coefficient (Wildman–Crippen LogP) is 4.49. The molecule has 1 atom stereocenters. The van der Waals surface area contributed by atoms with Crippen molar-refractivity contribution in [3.05, 3.63) is 63.6 Å². The smallest absolute Gasteiger partial charge is 0.339 e. The Morgan fingerprint density at radius 2 is 1.83 bits per heavy atom. The monoisotopic (exact) mass is 351 g/mol. The van der Waals surface area contributed by atoms with Gasteiger partial charge < -0.3 is 10.1 Å². The van der Waals surface area contributed by atoms with Crippen molar-refractivity contribution in [2.75, 3.05) is 5.32 Å². The zero-order valence-corrected chi connectivity index (χ0v) is 14.1. The molecule has 6 heteroatoms. The summed E-state index contributed by atoms with van der Waals surface area (Å²) in [6.07, 6.45) is -0.975. The Labute approximate surface area is 144 Å². The lowest BCUT2D eigenvalue weighted by molar-refractivity contribution is -0.123. The molecule has 23 heavy (non-hydrogen) atoms. The van der Waals surface area contributed by atoms with Gasteiger partial charge in [0.25, 0.3) is 5.91 Å². The number of anilines is 1. The minimum atomic E-state index is -0.975. The molecule has 1 N–H and O–H groups in total. The van der Waals surface area contributed by atoms with Crippen LogP contribution in [0.3, 0.4) is 0 Å². The summed E-state index contributed by atoms with van der Waals surface area (Å²) in [5.41, 5.74) is 1.57. The molecule has 0 spiro atoms. The Balaban J connectivity index is 2.04. The maximum absolute atomic E-state index is 12.1. The van der Waals surface area contributed by atoms with E-state index in [1.54, 1.807) is 37.3 Å². The lowest BCUT2D eigenvalue weighted by Crippen LogP contribution is -2.30. The number of hydrogen-bond acceptors (Lipinski definition) is 3. The van der Waals surface area contributed by atoms with Crippen molar-refractivity contribution in [1.82, 2.24) is 0 Å². The standard InChI is InChI=1S/C17H15Cl2NO3/c1-10-5-3-4-6-13(10)17(22)23-11(2)16(21)20-15-9-12(18)7-8-14(15)19/h3-9,11H,1-2H3,(H,20,21)/t11-/m1/s1. The van der Waals surface area contributed by atoms with Gasteiger partial charge in [0.15, 0.2) is 6.10 Å². The number of ether oxygens (including phenoxy) is 1. The highest BCUT2D eigenvalue weighted by atomic mass is 35.5. The molecule has 0 saturated carbocycles. The van der Waals surface area contributed by atoms with Crippen molar-refractivity contribution in [3.8, 4) is 0 Å². The Bertz CT molecular complexity index is 746. The molecule has 2 rings (SSSR count). The average molecular weight is 352 g/mol. The lowest BCUT2D eigenvalue weighted by Gasteiger charge is -2.15. The van der Waals surface area contributed by atoms with E-state index >= 15 is 0 Å². The van der Waals surface area contributed by atoms with Gasteiger partial charge in [-0.25, -0.2) is 4.79 Å². The van der Waals surface area contributed by atoms with E-state index in [-0.39, 0.29) is 0 Å². The van der Waals surface area contributed by atoms with Gasteiger partial charge in [-0.1, -0.05) is 41.4 Å². The van der Waals surface area contributed by atoms with Crippen molar-refractivity contribution in [1.29, 1.82) is 0 Å². The molecule has 2 aromatic carbocycles. The molecule has 2 aromatic rings. The SMILES string of the molecule is Cc1ccccc1C(=O)O[C@H](C)C(=O)Nc1cc(Cl)ccc1Cl. The summed E-state index contributed by atoms with van der Waals surface area (Å²) >= 11 is 11.9. The molecule has 0 heterocycles. The second-order valence-electron chi connectivity index (χ2n) is 4.98. The van der Waals surface area contributed by atoms with Gasteiger partial charge in [-0.3, -0.25) is 4.79 Å². The molecule has 0 aromatic heterocycles. The number of benzene rings is 2. The van der Waals surface area contributed by atoms with Crippen LogP contribution in [0, 0.1) is 6.92 Å². The molecule has 0 aliphatic carbocycles. The highest BCUT2D eigenvalue weighted by Crippen LogP contribution is 2.25. The molecule has 0 aliphatic rings. The number of hydrogen-bond donors (Lipinski definition) is 1. The number of amides is 1. The van der Waals surface area contributed by atoms with Crippen LogP contribution in [0.25, 0.3) is 0 Å². The largest absolute Gasteiger partial charge is 0.449 e. The van der Waals surface area contributed by atoms with Gasteiger partial charge in [0.05, 0.1) is 16.3 Å². The van der Waals surface area contributed by atoms with E-state index in [9.17, 15) is 9.59 Å². The van der Waals surface area contributed by atoms with Gasteiger partial charge in [0.2, 0.25) is 0 Å². The number of halogens is 2. The van der Waals surface area contributed by atoms with Crippen molar-refractivity contribution >= 4 is 40.8 Å². The zero-order chi connectivity index (χ0) is 17.0. The minimum absolute atomic E-state index is 0.347. The van der Waals surface area contributed by atoms with Gasteiger partial charge in [0.1, 0.15) is 0 Å². The van der Waals surface area contributed by atoms with E-state index in [1.165, 1.54) is 13.0 Å². The molecular weight excluding hydrogens is 337 g/mol. The Morgan fingerprint density at radius 1 is 1.13 bits per heavy atom. The van der Waals surface area contributed by atoms with Crippen LogP contribution >= 0.6 is 23.2 Å². The first-order chi connectivity index (χ1) is 10.9. The number of carbonyl (C=O) groups is 2. The van der Waals surface area contributed by atoms with E-state index in [1.807, 2.05) is 6.07 Å². The normalized spacial score (nSPS) is 11.7. The van der Waals surface area contributed by atoms with E-state index in [4.69, 9.17) is 27.9 Å². The maximum Gasteiger partial charge on any atom is 0.339 e. The first kappa shape index (κ1) is 17.3. The molecule has 1 amide bonds. The third-order valence-corrected chi connectivity index (χ3v) is 3.77. The molecular formula is C17H15Cl2NO3. The number of aryl methyl sites for hydroxylation is 1. The first-order valence-corrected chi connectivity index (χ1v) is 7.66. The molecule has 0 unspecified atom stereocenters. The average Bonchev–Trinajstić information content (AvgIpc) is 2.51. The third-order valence-electron chi connectivity index (χ3n) is 3.20. The van der Waals surface area contributed by atoms with Crippen LogP contribution in [0.1, 0.15) is 22.8 Å². The van der Waals surface area contributed by atoms with E-state index in [0.717, 1.165) is 5.56 Å². The molecule has 0 fully saturated rings. The topological polar surface area (TPSA) is 55.4 Å². The van der Waals surface area contributed by atoms with Crippen LogP contribution in [-0.2, 0) is 9.53 Å². The fourth-order valence-electron chi connectivity index (χ4n) is 1.91. The summed E-state index contributed by atoms with van der Waals surface area (Å²) in [5, 5.41) is 3.38. The Morgan fingerprint density at radius 3 is 2.52 bits per heavy atom.